The molecule has 0 aromatic carbocycles. The van der Waals surface area contributed by atoms with Crippen LogP contribution in [-0.2, 0) is 4.79 Å². The Hall–Kier alpha value is -1.89. The van der Waals surface area contributed by atoms with Gasteiger partial charge >= 0.3 is 0 Å². The van der Waals surface area contributed by atoms with Crippen molar-refractivity contribution >= 4 is 17.7 Å². The van der Waals surface area contributed by atoms with Crippen molar-refractivity contribution in [1.29, 1.82) is 0 Å². The number of rotatable bonds is 5. The number of hydrogen-bond acceptors (Lipinski definition) is 6. The molecule has 0 N–H and O–H groups in total. The Kier molecular flexibility index (Phi) is 7.08. The first-order chi connectivity index (χ1) is 14.6. The van der Waals surface area contributed by atoms with Crippen LogP contribution >= 0.6 is 0 Å². The Balaban J connectivity index is 1.29. The molecule has 1 saturated carbocycles. The van der Waals surface area contributed by atoms with Crippen molar-refractivity contribution in [1.82, 2.24) is 19.8 Å². The van der Waals surface area contributed by atoms with Crippen LogP contribution in [0.5, 0.6) is 0 Å². The molecule has 0 atom stereocenters. The van der Waals surface area contributed by atoms with Gasteiger partial charge in [-0.3, -0.25) is 4.79 Å². The highest BCUT2D eigenvalue weighted by atomic mass is 16.2. The summed E-state index contributed by atoms with van der Waals surface area (Å²) in [4.78, 5) is 31.3. The molecule has 2 saturated heterocycles. The van der Waals surface area contributed by atoms with E-state index in [1.165, 1.54) is 32.1 Å². The van der Waals surface area contributed by atoms with Gasteiger partial charge in [-0.1, -0.05) is 32.1 Å². The van der Waals surface area contributed by atoms with Crippen molar-refractivity contribution < 1.29 is 4.79 Å². The number of carbonyl (C=O) groups is 1. The van der Waals surface area contributed by atoms with Crippen LogP contribution in [0.3, 0.4) is 0 Å². The van der Waals surface area contributed by atoms with E-state index in [0.717, 1.165) is 88.6 Å². The molecule has 0 unspecified atom stereocenters. The second-order valence-electron chi connectivity index (χ2n) is 9.37. The van der Waals surface area contributed by atoms with Gasteiger partial charge in [-0.15, -0.1) is 0 Å². The molecule has 30 heavy (non-hydrogen) atoms. The third kappa shape index (κ3) is 5.42. The largest absolute Gasteiger partial charge is 0.354 e. The smallest absolute Gasteiger partial charge is 0.227 e. The van der Waals surface area contributed by atoms with Crippen LogP contribution in [-0.4, -0.2) is 85.1 Å². The molecule has 0 bridgehead atoms. The highest BCUT2D eigenvalue weighted by Gasteiger charge is 2.25. The molecule has 1 aromatic heterocycles. The zero-order valence-corrected chi connectivity index (χ0v) is 18.9. The molecule has 2 aliphatic heterocycles. The van der Waals surface area contributed by atoms with Gasteiger partial charge in [0.05, 0.1) is 0 Å². The first-order valence-electron chi connectivity index (χ1n) is 11.9. The summed E-state index contributed by atoms with van der Waals surface area (Å²) in [6.45, 7) is 9.41. The van der Waals surface area contributed by atoms with Crippen molar-refractivity contribution in [2.75, 3.05) is 69.2 Å². The number of piperazine rings is 2. The standard InChI is InChI=1S/C23H38N6O/c1-19-18-21(27-12-10-26(2)11-13-27)25-23(24-19)29-16-14-28(15-17-29)22(30)9-8-20-6-4-3-5-7-20/h18,20H,3-17H2,1-2H3. The minimum atomic E-state index is 0.337. The highest BCUT2D eigenvalue weighted by molar-refractivity contribution is 5.76. The first kappa shape index (κ1) is 21.3. The lowest BCUT2D eigenvalue weighted by Gasteiger charge is -2.36. The molecule has 166 valence electrons. The molecule has 3 fully saturated rings. The second-order valence-corrected chi connectivity index (χ2v) is 9.37. The molecule has 7 nitrogen and oxygen atoms in total. The zero-order chi connectivity index (χ0) is 20.9. The van der Waals surface area contributed by atoms with E-state index in [-0.39, 0.29) is 0 Å². The maximum Gasteiger partial charge on any atom is 0.227 e. The van der Waals surface area contributed by atoms with E-state index < -0.39 is 0 Å². The molecule has 1 aliphatic carbocycles. The lowest BCUT2D eigenvalue weighted by Crippen LogP contribution is -2.49. The lowest BCUT2D eigenvalue weighted by atomic mass is 9.86. The van der Waals surface area contributed by atoms with Gasteiger partial charge in [0.1, 0.15) is 5.82 Å². The fourth-order valence-electron chi connectivity index (χ4n) is 4.99. The summed E-state index contributed by atoms with van der Waals surface area (Å²) in [5.41, 5.74) is 1.01. The predicted molar refractivity (Wildman–Crippen MR) is 121 cm³/mol. The summed E-state index contributed by atoms with van der Waals surface area (Å²) in [5.74, 6) is 2.97. The number of aryl methyl sites for hydroxylation is 1. The minimum Gasteiger partial charge on any atom is -0.354 e. The molecular weight excluding hydrogens is 376 g/mol. The number of likely N-dealkylation sites (N-methyl/N-ethyl adjacent to an activating group) is 1. The normalized spacial score (nSPS) is 21.9. The molecular formula is C23H38N6O. The summed E-state index contributed by atoms with van der Waals surface area (Å²) >= 11 is 0. The number of anilines is 2. The van der Waals surface area contributed by atoms with Crippen molar-refractivity contribution in [2.45, 2.75) is 51.9 Å². The van der Waals surface area contributed by atoms with Gasteiger partial charge in [0, 0.05) is 70.5 Å². The van der Waals surface area contributed by atoms with Crippen LogP contribution in [0, 0.1) is 12.8 Å². The molecule has 4 rings (SSSR count). The Labute approximate surface area is 181 Å². The van der Waals surface area contributed by atoms with Gasteiger partial charge in [0.25, 0.3) is 0 Å². The second kappa shape index (κ2) is 9.94. The number of hydrogen-bond donors (Lipinski definition) is 0. The van der Waals surface area contributed by atoms with Gasteiger partial charge in [-0.2, -0.15) is 4.98 Å². The number of carbonyl (C=O) groups excluding carboxylic acids is 1. The molecule has 1 aromatic rings. The van der Waals surface area contributed by atoms with E-state index in [1.54, 1.807) is 0 Å². The third-order valence-electron chi connectivity index (χ3n) is 7.06. The Morgan fingerprint density at radius 1 is 0.933 bits per heavy atom. The van der Waals surface area contributed by atoms with Crippen LogP contribution in [0.15, 0.2) is 6.07 Å². The lowest BCUT2D eigenvalue weighted by molar-refractivity contribution is -0.131. The van der Waals surface area contributed by atoms with Crippen molar-refractivity contribution in [3.05, 3.63) is 11.8 Å². The van der Waals surface area contributed by atoms with Crippen LogP contribution in [0.1, 0.15) is 50.6 Å². The Morgan fingerprint density at radius 3 is 2.30 bits per heavy atom. The third-order valence-corrected chi connectivity index (χ3v) is 7.06. The molecule has 3 aliphatic rings. The minimum absolute atomic E-state index is 0.337. The van der Waals surface area contributed by atoms with Gasteiger partial charge in [-0.25, -0.2) is 4.98 Å². The van der Waals surface area contributed by atoms with Gasteiger partial charge in [-0.05, 0) is 26.3 Å². The average Bonchev–Trinajstić information content (AvgIpc) is 2.78. The summed E-state index contributed by atoms with van der Waals surface area (Å²) in [7, 11) is 2.17. The maximum atomic E-state index is 12.7. The maximum absolute atomic E-state index is 12.7. The fourth-order valence-corrected chi connectivity index (χ4v) is 4.99. The van der Waals surface area contributed by atoms with Gasteiger partial charge in [0.15, 0.2) is 0 Å². The van der Waals surface area contributed by atoms with E-state index in [1.807, 2.05) is 0 Å². The molecule has 0 spiro atoms. The summed E-state index contributed by atoms with van der Waals surface area (Å²) < 4.78 is 0. The number of nitrogens with zero attached hydrogens (tertiary/aromatic N) is 6. The zero-order valence-electron chi connectivity index (χ0n) is 18.9. The number of amides is 1. The van der Waals surface area contributed by atoms with Gasteiger partial charge in [0.2, 0.25) is 11.9 Å². The van der Waals surface area contributed by atoms with Gasteiger partial charge < -0.3 is 19.6 Å². The van der Waals surface area contributed by atoms with Crippen molar-refractivity contribution in [3.8, 4) is 0 Å². The van der Waals surface area contributed by atoms with E-state index in [4.69, 9.17) is 9.97 Å². The summed E-state index contributed by atoms with van der Waals surface area (Å²) in [5, 5.41) is 0. The molecule has 7 heteroatoms. The fraction of sp³-hybridized carbons (Fsp3) is 0.783. The summed E-state index contributed by atoms with van der Waals surface area (Å²) in [6, 6.07) is 2.10. The van der Waals surface area contributed by atoms with E-state index >= 15 is 0 Å². The van der Waals surface area contributed by atoms with E-state index in [9.17, 15) is 4.79 Å². The molecule has 3 heterocycles. The molecule has 1 amide bonds. The van der Waals surface area contributed by atoms with Crippen LogP contribution < -0.4 is 9.80 Å². The molecule has 0 radical (unpaired) electrons. The van der Waals surface area contributed by atoms with E-state index in [2.05, 4.69) is 39.6 Å². The van der Waals surface area contributed by atoms with E-state index in [0.29, 0.717) is 5.91 Å². The van der Waals surface area contributed by atoms with Crippen LogP contribution in [0.4, 0.5) is 11.8 Å². The Bertz CT molecular complexity index is 704. The van der Waals surface area contributed by atoms with Crippen LogP contribution in [0.25, 0.3) is 0 Å². The predicted octanol–water partition coefficient (Wildman–Crippen LogP) is 2.55. The average molecular weight is 415 g/mol. The summed E-state index contributed by atoms with van der Waals surface area (Å²) in [6.07, 6.45) is 8.52. The SMILES string of the molecule is Cc1cc(N2CCN(C)CC2)nc(N2CCN(C(=O)CCC3CCCCC3)CC2)n1. The first-order valence-corrected chi connectivity index (χ1v) is 11.9. The highest BCUT2D eigenvalue weighted by Crippen LogP contribution is 2.27. The topological polar surface area (TPSA) is 55.8 Å². The van der Waals surface area contributed by atoms with Crippen molar-refractivity contribution in [3.63, 3.8) is 0 Å². The Morgan fingerprint density at radius 2 is 1.60 bits per heavy atom. The quantitative estimate of drug-likeness (QED) is 0.738. The number of aromatic nitrogens is 2. The van der Waals surface area contributed by atoms with Crippen molar-refractivity contribution in [2.24, 2.45) is 5.92 Å². The monoisotopic (exact) mass is 414 g/mol. The van der Waals surface area contributed by atoms with Crippen LogP contribution in [0.2, 0.25) is 0 Å².